The van der Waals surface area contributed by atoms with Gasteiger partial charge in [-0.25, -0.2) is 0 Å². The van der Waals surface area contributed by atoms with E-state index in [1.807, 2.05) is 0 Å². The number of nitrogens with one attached hydrogen (secondary N) is 1. The largest absolute Gasteiger partial charge is 0.461 e. The molecule has 0 aromatic carbocycles. The monoisotopic (exact) mass is 254 g/mol. The summed E-state index contributed by atoms with van der Waals surface area (Å²) in [5.41, 5.74) is 0. The Morgan fingerprint density at radius 1 is 1.22 bits per heavy atom. The molecule has 2 aliphatic rings. The summed E-state index contributed by atoms with van der Waals surface area (Å²) >= 11 is 0. The molecule has 0 aromatic heterocycles. The van der Waals surface area contributed by atoms with E-state index >= 15 is 0 Å². The molecule has 104 valence electrons. The number of nitrogens with zero attached hydrogens (tertiary/aromatic N) is 1. The minimum absolute atomic E-state index is 0.0318. The molecule has 1 saturated carbocycles. The van der Waals surface area contributed by atoms with Gasteiger partial charge in [-0.05, 0) is 44.7 Å². The molecular weight excluding hydrogens is 228 g/mol. The standard InChI is InChI=1S/C14H26N2O2/c1-12-5-2-3-6-13(12)18-14(17)11-16-9-4-7-15-8-10-16/h12-13,15H,2-11H2,1H3. The Morgan fingerprint density at radius 2 is 2.06 bits per heavy atom. The van der Waals surface area contributed by atoms with Crippen molar-refractivity contribution < 1.29 is 9.53 Å². The lowest BCUT2D eigenvalue weighted by molar-refractivity contribution is -0.154. The summed E-state index contributed by atoms with van der Waals surface area (Å²) in [6.07, 6.45) is 6.02. The zero-order valence-corrected chi connectivity index (χ0v) is 11.5. The topological polar surface area (TPSA) is 41.6 Å². The van der Waals surface area contributed by atoms with Crippen molar-refractivity contribution in [2.24, 2.45) is 5.92 Å². The number of esters is 1. The molecule has 1 saturated heterocycles. The van der Waals surface area contributed by atoms with Crippen LogP contribution in [-0.2, 0) is 9.53 Å². The molecule has 0 spiro atoms. The van der Waals surface area contributed by atoms with Gasteiger partial charge < -0.3 is 10.1 Å². The van der Waals surface area contributed by atoms with Gasteiger partial charge in [0.2, 0.25) is 0 Å². The van der Waals surface area contributed by atoms with E-state index in [0.717, 1.165) is 39.0 Å². The molecule has 4 heteroatoms. The van der Waals surface area contributed by atoms with Crippen LogP contribution in [0.5, 0.6) is 0 Å². The number of ether oxygens (including phenoxy) is 1. The molecule has 4 nitrogen and oxygen atoms in total. The highest BCUT2D eigenvalue weighted by atomic mass is 16.5. The fourth-order valence-electron chi connectivity index (χ4n) is 2.91. The van der Waals surface area contributed by atoms with Gasteiger partial charge in [-0.1, -0.05) is 13.3 Å². The predicted octanol–water partition coefficient (Wildman–Crippen LogP) is 1.40. The average molecular weight is 254 g/mol. The summed E-state index contributed by atoms with van der Waals surface area (Å²) in [5.74, 6) is 0.504. The highest BCUT2D eigenvalue weighted by Crippen LogP contribution is 2.26. The third-order valence-electron chi connectivity index (χ3n) is 4.10. The van der Waals surface area contributed by atoms with Crippen molar-refractivity contribution in [2.75, 3.05) is 32.7 Å². The Kier molecular flexibility index (Phi) is 5.45. The van der Waals surface area contributed by atoms with E-state index in [2.05, 4.69) is 17.1 Å². The molecule has 18 heavy (non-hydrogen) atoms. The summed E-state index contributed by atoms with van der Waals surface area (Å²) in [7, 11) is 0. The van der Waals surface area contributed by atoms with Crippen LogP contribution in [0, 0.1) is 5.92 Å². The second kappa shape index (κ2) is 7.10. The van der Waals surface area contributed by atoms with Crippen LogP contribution in [0.15, 0.2) is 0 Å². The summed E-state index contributed by atoms with van der Waals surface area (Å²) in [5, 5.41) is 3.35. The van der Waals surface area contributed by atoms with Gasteiger partial charge in [0.1, 0.15) is 6.10 Å². The summed E-state index contributed by atoms with van der Waals surface area (Å²) < 4.78 is 5.65. The lowest BCUT2D eigenvalue weighted by Crippen LogP contribution is -2.37. The van der Waals surface area contributed by atoms with Crippen molar-refractivity contribution in [3.8, 4) is 0 Å². The van der Waals surface area contributed by atoms with Gasteiger partial charge in [0.05, 0.1) is 6.54 Å². The molecule has 0 amide bonds. The van der Waals surface area contributed by atoms with Gasteiger partial charge in [-0.2, -0.15) is 0 Å². The zero-order valence-electron chi connectivity index (χ0n) is 11.5. The van der Waals surface area contributed by atoms with Crippen molar-refractivity contribution in [3.63, 3.8) is 0 Å². The van der Waals surface area contributed by atoms with Crippen molar-refractivity contribution in [1.82, 2.24) is 10.2 Å². The van der Waals surface area contributed by atoms with Gasteiger partial charge in [0.15, 0.2) is 0 Å². The average Bonchev–Trinajstić information content (AvgIpc) is 2.61. The molecule has 1 aliphatic carbocycles. The second-order valence-electron chi connectivity index (χ2n) is 5.67. The van der Waals surface area contributed by atoms with Crippen LogP contribution in [0.1, 0.15) is 39.0 Å². The normalized spacial score (nSPS) is 30.7. The minimum atomic E-state index is -0.0318. The number of hydrogen-bond acceptors (Lipinski definition) is 4. The van der Waals surface area contributed by atoms with E-state index in [1.54, 1.807) is 0 Å². The van der Waals surface area contributed by atoms with Gasteiger partial charge in [-0.15, -0.1) is 0 Å². The second-order valence-corrected chi connectivity index (χ2v) is 5.67. The lowest BCUT2D eigenvalue weighted by Gasteiger charge is -2.29. The van der Waals surface area contributed by atoms with Gasteiger partial charge >= 0.3 is 5.97 Å². The smallest absolute Gasteiger partial charge is 0.320 e. The first-order valence-electron chi connectivity index (χ1n) is 7.38. The maximum absolute atomic E-state index is 12.0. The Balaban J connectivity index is 1.73. The summed E-state index contributed by atoms with van der Waals surface area (Å²) in [4.78, 5) is 14.2. The first-order chi connectivity index (χ1) is 8.75. The Morgan fingerprint density at radius 3 is 2.89 bits per heavy atom. The maximum Gasteiger partial charge on any atom is 0.320 e. The van der Waals surface area contributed by atoms with Crippen LogP contribution in [0.2, 0.25) is 0 Å². The molecule has 1 aliphatic heterocycles. The van der Waals surface area contributed by atoms with Crippen LogP contribution in [0.25, 0.3) is 0 Å². The van der Waals surface area contributed by atoms with Crippen LogP contribution >= 0.6 is 0 Å². The highest BCUT2D eigenvalue weighted by molar-refractivity contribution is 5.71. The van der Waals surface area contributed by atoms with Crippen molar-refractivity contribution in [1.29, 1.82) is 0 Å². The van der Waals surface area contributed by atoms with E-state index in [9.17, 15) is 4.79 Å². The first-order valence-corrected chi connectivity index (χ1v) is 7.38. The zero-order chi connectivity index (χ0) is 12.8. The van der Waals surface area contributed by atoms with Crippen LogP contribution in [0.4, 0.5) is 0 Å². The third kappa shape index (κ3) is 4.25. The van der Waals surface area contributed by atoms with Crippen molar-refractivity contribution >= 4 is 5.97 Å². The summed E-state index contributed by atoms with van der Waals surface area (Å²) in [6.45, 7) is 6.66. The van der Waals surface area contributed by atoms with Gasteiger partial charge in [-0.3, -0.25) is 9.69 Å². The molecule has 2 atom stereocenters. The lowest BCUT2D eigenvalue weighted by atomic mass is 9.88. The Hall–Kier alpha value is -0.610. The van der Waals surface area contributed by atoms with E-state index in [1.165, 1.54) is 19.3 Å². The molecule has 1 N–H and O–H groups in total. The van der Waals surface area contributed by atoms with Crippen LogP contribution in [-0.4, -0.2) is 49.7 Å². The molecule has 0 radical (unpaired) electrons. The van der Waals surface area contributed by atoms with Crippen LogP contribution < -0.4 is 5.32 Å². The van der Waals surface area contributed by atoms with E-state index in [4.69, 9.17) is 4.74 Å². The van der Waals surface area contributed by atoms with E-state index < -0.39 is 0 Å². The maximum atomic E-state index is 12.0. The predicted molar refractivity (Wildman–Crippen MR) is 71.4 cm³/mol. The molecule has 2 rings (SSSR count). The molecular formula is C14H26N2O2. The number of carbonyl (C=O) groups is 1. The van der Waals surface area contributed by atoms with Gasteiger partial charge in [0, 0.05) is 13.1 Å². The SMILES string of the molecule is CC1CCCCC1OC(=O)CN1CCCNCC1. The molecule has 0 bridgehead atoms. The summed E-state index contributed by atoms with van der Waals surface area (Å²) in [6, 6.07) is 0. The molecule has 2 unspecified atom stereocenters. The number of carbonyl (C=O) groups excluding carboxylic acids is 1. The molecule has 0 aromatic rings. The quantitative estimate of drug-likeness (QED) is 0.773. The molecule has 1 heterocycles. The highest BCUT2D eigenvalue weighted by Gasteiger charge is 2.25. The van der Waals surface area contributed by atoms with Gasteiger partial charge in [0.25, 0.3) is 0 Å². The minimum Gasteiger partial charge on any atom is -0.461 e. The first kappa shape index (κ1) is 13.8. The van der Waals surface area contributed by atoms with Crippen molar-refractivity contribution in [2.45, 2.75) is 45.1 Å². The Bertz CT molecular complexity index is 263. The number of hydrogen-bond donors (Lipinski definition) is 1. The molecule has 2 fully saturated rings. The Labute approximate surface area is 110 Å². The number of rotatable bonds is 3. The fraction of sp³-hybridized carbons (Fsp3) is 0.929. The van der Waals surface area contributed by atoms with Crippen molar-refractivity contribution in [3.05, 3.63) is 0 Å². The third-order valence-corrected chi connectivity index (χ3v) is 4.10. The van der Waals surface area contributed by atoms with Crippen LogP contribution in [0.3, 0.4) is 0 Å². The van der Waals surface area contributed by atoms with E-state index in [0.29, 0.717) is 12.5 Å². The fourth-order valence-corrected chi connectivity index (χ4v) is 2.91. The van der Waals surface area contributed by atoms with E-state index in [-0.39, 0.29) is 12.1 Å².